The highest BCUT2D eigenvalue weighted by atomic mass is 79.9. The molecule has 0 fully saturated rings. The van der Waals surface area contributed by atoms with Gasteiger partial charge in [-0.15, -0.1) is 0 Å². The second-order valence-corrected chi connectivity index (χ2v) is 5.66. The van der Waals surface area contributed by atoms with E-state index in [9.17, 15) is 4.39 Å². The van der Waals surface area contributed by atoms with Crippen LogP contribution in [0.3, 0.4) is 0 Å². The molecule has 0 saturated carbocycles. The Balaban J connectivity index is 2.10. The van der Waals surface area contributed by atoms with Gasteiger partial charge in [-0.05, 0) is 36.8 Å². The predicted octanol–water partition coefficient (Wildman–Crippen LogP) is 4.11. The van der Waals surface area contributed by atoms with Gasteiger partial charge in [-0.3, -0.25) is 0 Å². The molecular weight excluding hydrogens is 341 g/mol. The average molecular weight is 354 g/mol. The Morgan fingerprint density at radius 2 is 2.05 bits per heavy atom. The number of hydrogen-bond donors (Lipinski definition) is 1. The van der Waals surface area contributed by atoms with Gasteiger partial charge >= 0.3 is 0 Å². The summed E-state index contributed by atoms with van der Waals surface area (Å²) in [7, 11) is 0. The molecule has 2 aromatic rings. The molecule has 2 nitrogen and oxygen atoms in total. The van der Waals surface area contributed by atoms with Gasteiger partial charge in [0.15, 0.2) is 0 Å². The van der Waals surface area contributed by atoms with E-state index in [1.54, 1.807) is 12.1 Å². The lowest BCUT2D eigenvalue weighted by Crippen LogP contribution is -2.10. The highest BCUT2D eigenvalue weighted by Crippen LogP contribution is 2.22. The van der Waals surface area contributed by atoms with Gasteiger partial charge in [-0.1, -0.05) is 40.3 Å². The third-order valence-electron chi connectivity index (χ3n) is 2.86. The Labute approximate surface area is 130 Å². The molecule has 0 spiro atoms. The van der Waals surface area contributed by atoms with Gasteiger partial charge in [-0.25, -0.2) is 4.39 Å². The zero-order valence-corrected chi connectivity index (χ0v) is 13.2. The first-order chi connectivity index (χ1) is 9.47. The Morgan fingerprint density at radius 1 is 1.30 bits per heavy atom. The minimum atomic E-state index is -0.371. The molecule has 20 heavy (non-hydrogen) atoms. The van der Waals surface area contributed by atoms with Gasteiger partial charge in [0.1, 0.15) is 23.2 Å². The molecule has 0 bridgehead atoms. The van der Waals surface area contributed by atoms with Crippen molar-refractivity contribution in [2.45, 2.75) is 13.5 Å². The summed E-state index contributed by atoms with van der Waals surface area (Å²) in [4.78, 5) is 0.180. The molecule has 2 N–H and O–H groups in total. The van der Waals surface area contributed by atoms with Crippen molar-refractivity contribution in [3.63, 3.8) is 0 Å². The number of halogens is 2. The number of thiocarbonyl (C=S) groups is 1. The minimum Gasteiger partial charge on any atom is -0.489 e. The first kappa shape index (κ1) is 14.9. The Hall–Kier alpha value is -1.46. The third kappa shape index (κ3) is 3.55. The number of nitrogens with two attached hydrogens (primary N) is 1. The maximum atomic E-state index is 13.9. The van der Waals surface area contributed by atoms with Crippen molar-refractivity contribution >= 4 is 33.1 Å². The molecule has 104 valence electrons. The largest absolute Gasteiger partial charge is 0.489 e. The fourth-order valence-corrected chi connectivity index (χ4v) is 2.06. The minimum absolute atomic E-state index is 0.157. The van der Waals surface area contributed by atoms with Crippen LogP contribution < -0.4 is 10.5 Å². The van der Waals surface area contributed by atoms with Crippen LogP contribution in [-0.4, -0.2) is 4.99 Å². The Morgan fingerprint density at radius 3 is 2.65 bits per heavy atom. The van der Waals surface area contributed by atoms with Gasteiger partial charge < -0.3 is 10.5 Å². The molecule has 0 amide bonds. The molecule has 0 heterocycles. The van der Waals surface area contributed by atoms with Crippen LogP contribution in [0.25, 0.3) is 0 Å². The molecule has 0 aliphatic carbocycles. The summed E-state index contributed by atoms with van der Waals surface area (Å²) >= 11 is 8.23. The van der Waals surface area contributed by atoms with Crippen LogP contribution in [0.4, 0.5) is 4.39 Å². The van der Waals surface area contributed by atoms with Gasteiger partial charge in [0.2, 0.25) is 0 Å². The lowest BCUT2D eigenvalue weighted by atomic mass is 10.1. The first-order valence-corrected chi connectivity index (χ1v) is 7.14. The molecule has 0 radical (unpaired) electrons. The van der Waals surface area contributed by atoms with Crippen molar-refractivity contribution in [2.24, 2.45) is 5.73 Å². The molecule has 0 aliphatic heterocycles. The summed E-state index contributed by atoms with van der Waals surface area (Å²) in [6.07, 6.45) is 0. The summed E-state index contributed by atoms with van der Waals surface area (Å²) in [5, 5.41) is 0. The monoisotopic (exact) mass is 353 g/mol. The van der Waals surface area contributed by atoms with Gasteiger partial charge in [-0.2, -0.15) is 0 Å². The number of aryl methyl sites for hydroxylation is 1. The maximum absolute atomic E-state index is 13.9. The standard InChI is InChI=1S/C15H13BrFNOS/c1-9-6-12(4-5-13(9)16)19-8-11-3-2-10(15(18)20)7-14(11)17/h2-7H,8H2,1H3,(H2,18,20). The Bertz CT molecular complexity index is 660. The zero-order valence-electron chi connectivity index (χ0n) is 10.8. The van der Waals surface area contributed by atoms with E-state index in [0.717, 1.165) is 10.0 Å². The molecular formula is C15H13BrFNOS. The molecule has 0 aliphatic rings. The smallest absolute Gasteiger partial charge is 0.130 e. The van der Waals surface area contributed by atoms with Crippen LogP contribution in [0.5, 0.6) is 5.75 Å². The second-order valence-electron chi connectivity index (χ2n) is 4.37. The molecule has 0 atom stereocenters. The fourth-order valence-electron chi connectivity index (χ4n) is 1.69. The summed E-state index contributed by atoms with van der Waals surface area (Å²) in [5.74, 6) is 0.327. The molecule has 0 aromatic heterocycles. The lowest BCUT2D eigenvalue weighted by molar-refractivity contribution is 0.299. The van der Waals surface area contributed by atoms with Crippen molar-refractivity contribution in [3.05, 3.63) is 63.4 Å². The number of benzene rings is 2. The number of hydrogen-bond acceptors (Lipinski definition) is 2. The van der Waals surface area contributed by atoms with E-state index in [1.165, 1.54) is 6.07 Å². The number of rotatable bonds is 4. The van der Waals surface area contributed by atoms with Crippen LogP contribution in [0.15, 0.2) is 40.9 Å². The third-order valence-corrected chi connectivity index (χ3v) is 3.99. The lowest BCUT2D eigenvalue weighted by Gasteiger charge is -2.09. The van der Waals surface area contributed by atoms with Crippen LogP contribution >= 0.6 is 28.1 Å². The van der Waals surface area contributed by atoms with Crippen LogP contribution in [0, 0.1) is 12.7 Å². The highest BCUT2D eigenvalue weighted by Gasteiger charge is 2.06. The Kier molecular flexibility index (Phi) is 4.73. The summed E-state index contributed by atoms with van der Waals surface area (Å²) in [6.45, 7) is 2.12. The molecule has 0 unspecified atom stereocenters. The van der Waals surface area contributed by atoms with E-state index in [2.05, 4.69) is 15.9 Å². The van der Waals surface area contributed by atoms with E-state index in [1.807, 2.05) is 25.1 Å². The SMILES string of the molecule is Cc1cc(OCc2ccc(C(N)=S)cc2F)ccc1Br. The quantitative estimate of drug-likeness (QED) is 0.840. The second kappa shape index (κ2) is 6.33. The van der Waals surface area contributed by atoms with E-state index < -0.39 is 0 Å². The predicted molar refractivity (Wildman–Crippen MR) is 85.5 cm³/mol. The van der Waals surface area contributed by atoms with Crippen LogP contribution in [-0.2, 0) is 6.61 Å². The normalized spacial score (nSPS) is 10.3. The zero-order chi connectivity index (χ0) is 14.7. The molecule has 2 rings (SSSR count). The molecule has 2 aromatic carbocycles. The fraction of sp³-hybridized carbons (Fsp3) is 0.133. The van der Waals surface area contributed by atoms with Crippen molar-refractivity contribution in [1.82, 2.24) is 0 Å². The first-order valence-electron chi connectivity index (χ1n) is 5.94. The van der Waals surface area contributed by atoms with E-state index in [0.29, 0.717) is 16.9 Å². The van der Waals surface area contributed by atoms with Gasteiger partial charge in [0.25, 0.3) is 0 Å². The van der Waals surface area contributed by atoms with Crippen LogP contribution in [0.2, 0.25) is 0 Å². The van der Waals surface area contributed by atoms with Crippen molar-refractivity contribution in [3.8, 4) is 5.75 Å². The summed E-state index contributed by atoms with van der Waals surface area (Å²) in [5.41, 5.74) is 7.50. The molecule has 5 heteroatoms. The highest BCUT2D eigenvalue weighted by molar-refractivity contribution is 9.10. The number of ether oxygens (including phenoxy) is 1. The van der Waals surface area contributed by atoms with Gasteiger partial charge in [0, 0.05) is 15.6 Å². The summed E-state index contributed by atoms with van der Waals surface area (Å²) in [6, 6.07) is 10.3. The average Bonchev–Trinajstić information content (AvgIpc) is 2.41. The van der Waals surface area contributed by atoms with Crippen molar-refractivity contribution < 1.29 is 9.13 Å². The van der Waals surface area contributed by atoms with Crippen molar-refractivity contribution in [2.75, 3.05) is 0 Å². The van der Waals surface area contributed by atoms with E-state index in [4.69, 9.17) is 22.7 Å². The van der Waals surface area contributed by atoms with E-state index >= 15 is 0 Å². The topological polar surface area (TPSA) is 35.2 Å². The van der Waals surface area contributed by atoms with Crippen LogP contribution in [0.1, 0.15) is 16.7 Å². The molecule has 0 saturated heterocycles. The van der Waals surface area contributed by atoms with Gasteiger partial charge in [0.05, 0.1) is 0 Å². The van der Waals surface area contributed by atoms with Crippen molar-refractivity contribution in [1.29, 1.82) is 0 Å². The van der Waals surface area contributed by atoms with E-state index in [-0.39, 0.29) is 17.4 Å². The maximum Gasteiger partial charge on any atom is 0.130 e. The summed E-state index contributed by atoms with van der Waals surface area (Å²) < 4.78 is 20.4.